The molecule has 1 unspecified atom stereocenters. The molecule has 2 aromatic rings. The first-order chi connectivity index (χ1) is 12.7. The molecule has 2 rings (SSSR count). The van der Waals surface area contributed by atoms with Gasteiger partial charge in [0, 0.05) is 13.2 Å². The number of aromatic nitrogens is 1. The van der Waals surface area contributed by atoms with Crippen LogP contribution in [0.25, 0.3) is 0 Å². The number of methoxy groups -OCH3 is 1. The van der Waals surface area contributed by atoms with Crippen molar-refractivity contribution < 1.29 is 41.9 Å². The van der Waals surface area contributed by atoms with Crippen LogP contribution in [0.1, 0.15) is 34.3 Å². The predicted octanol–water partition coefficient (Wildman–Crippen LogP) is 2.67. The third kappa shape index (κ3) is 6.29. The van der Waals surface area contributed by atoms with Crippen LogP contribution in [-0.4, -0.2) is 35.6 Å². The van der Waals surface area contributed by atoms with E-state index in [9.17, 15) is 22.8 Å². The summed E-state index contributed by atoms with van der Waals surface area (Å²) in [6.07, 6.45) is -5.34. The molecule has 0 spiro atoms. The Morgan fingerprint density at radius 3 is 2.52 bits per heavy atom. The zero-order chi connectivity index (χ0) is 20.0. The Morgan fingerprint density at radius 2 is 1.96 bits per heavy atom. The van der Waals surface area contributed by atoms with E-state index in [0.717, 1.165) is 12.1 Å². The topological polar surface area (TPSA) is 111 Å². The summed E-state index contributed by atoms with van der Waals surface area (Å²) < 4.78 is 50.1. The Bertz CT molecular complexity index is 788. The Labute approximate surface area is 150 Å². The van der Waals surface area contributed by atoms with Gasteiger partial charge in [-0.15, -0.1) is 13.2 Å². The van der Waals surface area contributed by atoms with Gasteiger partial charge in [0.2, 0.25) is 0 Å². The first-order valence-corrected chi connectivity index (χ1v) is 7.51. The van der Waals surface area contributed by atoms with E-state index < -0.39 is 36.5 Å². The van der Waals surface area contributed by atoms with Crippen molar-refractivity contribution in [1.29, 1.82) is 0 Å². The minimum Gasteiger partial charge on any atom is -0.481 e. The summed E-state index contributed by atoms with van der Waals surface area (Å²) in [6.45, 7) is 0.0967. The maximum atomic E-state index is 12.2. The quantitative estimate of drug-likeness (QED) is 0.715. The van der Waals surface area contributed by atoms with Gasteiger partial charge in [0.25, 0.3) is 5.91 Å². The molecular weight excluding hydrogens is 373 g/mol. The van der Waals surface area contributed by atoms with E-state index in [4.69, 9.17) is 14.4 Å². The summed E-state index contributed by atoms with van der Waals surface area (Å²) in [6, 6.07) is 4.84. The number of ether oxygens (including phenoxy) is 2. The number of carbonyl (C=O) groups is 2. The number of hydrogen-bond acceptors (Lipinski definition) is 6. The number of rotatable bonds is 8. The molecule has 0 fully saturated rings. The lowest BCUT2D eigenvalue weighted by molar-refractivity contribution is -0.274. The van der Waals surface area contributed by atoms with Crippen molar-refractivity contribution >= 4 is 11.9 Å². The summed E-state index contributed by atoms with van der Waals surface area (Å²) in [5, 5.41) is 15.0. The molecule has 0 aliphatic rings. The fraction of sp³-hybridized carbons (Fsp3) is 0.312. The van der Waals surface area contributed by atoms with Gasteiger partial charge in [-0.3, -0.25) is 9.59 Å². The van der Waals surface area contributed by atoms with E-state index >= 15 is 0 Å². The van der Waals surface area contributed by atoms with Crippen LogP contribution >= 0.6 is 0 Å². The zero-order valence-electron chi connectivity index (χ0n) is 13.9. The third-order valence-corrected chi connectivity index (χ3v) is 3.28. The monoisotopic (exact) mass is 388 g/mol. The van der Waals surface area contributed by atoms with Gasteiger partial charge in [-0.2, -0.15) is 0 Å². The van der Waals surface area contributed by atoms with E-state index in [2.05, 4.69) is 15.2 Å². The molecule has 0 saturated heterocycles. The highest BCUT2D eigenvalue weighted by atomic mass is 19.4. The lowest BCUT2D eigenvalue weighted by Gasteiger charge is -2.17. The highest BCUT2D eigenvalue weighted by Crippen LogP contribution is 2.25. The Morgan fingerprint density at radius 1 is 1.30 bits per heavy atom. The second-order valence-electron chi connectivity index (χ2n) is 5.35. The van der Waals surface area contributed by atoms with Gasteiger partial charge in [-0.25, -0.2) is 0 Å². The van der Waals surface area contributed by atoms with Gasteiger partial charge >= 0.3 is 12.3 Å². The van der Waals surface area contributed by atoms with E-state index in [0.29, 0.717) is 5.76 Å². The van der Waals surface area contributed by atoms with E-state index in [1.54, 1.807) is 0 Å². The zero-order valence-corrected chi connectivity index (χ0v) is 13.9. The second-order valence-corrected chi connectivity index (χ2v) is 5.35. The number of carbonyl (C=O) groups excluding carboxylic acids is 1. The molecular formula is C16H15F3N2O6. The van der Waals surface area contributed by atoms with Gasteiger partial charge in [0.1, 0.15) is 12.4 Å². The molecule has 146 valence electrons. The molecule has 1 amide bonds. The molecule has 1 heterocycles. The molecule has 0 bridgehead atoms. The normalized spacial score (nSPS) is 12.4. The number of nitrogens with one attached hydrogen (secondary N) is 1. The maximum Gasteiger partial charge on any atom is 0.573 e. The van der Waals surface area contributed by atoms with E-state index in [1.165, 1.54) is 25.3 Å². The molecule has 0 aliphatic carbocycles. The summed E-state index contributed by atoms with van der Waals surface area (Å²) in [5.41, 5.74) is 0.190. The van der Waals surface area contributed by atoms with Crippen LogP contribution in [0.15, 0.2) is 34.9 Å². The lowest BCUT2D eigenvalue weighted by atomic mass is 10.0. The van der Waals surface area contributed by atoms with Crippen LogP contribution in [0.3, 0.4) is 0 Å². The molecule has 1 aromatic carbocycles. The Hall–Kier alpha value is -3.08. The number of halogens is 3. The van der Waals surface area contributed by atoms with Crippen molar-refractivity contribution in [2.75, 3.05) is 7.11 Å². The molecule has 0 aliphatic heterocycles. The molecule has 11 heteroatoms. The summed E-state index contributed by atoms with van der Waals surface area (Å²) in [5.74, 6) is -2.09. The first-order valence-electron chi connectivity index (χ1n) is 7.51. The highest BCUT2D eigenvalue weighted by Gasteiger charge is 2.31. The van der Waals surface area contributed by atoms with Crippen molar-refractivity contribution in [3.8, 4) is 5.75 Å². The van der Waals surface area contributed by atoms with Crippen LogP contribution in [0, 0.1) is 0 Å². The number of carboxylic acid groups (broad SMARTS) is 1. The third-order valence-electron chi connectivity index (χ3n) is 3.28. The van der Waals surface area contributed by atoms with Crippen molar-refractivity contribution in [3.05, 3.63) is 47.3 Å². The van der Waals surface area contributed by atoms with Crippen molar-refractivity contribution in [2.45, 2.75) is 25.4 Å². The van der Waals surface area contributed by atoms with Gasteiger partial charge in [0.05, 0.1) is 12.5 Å². The van der Waals surface area contributed by atoms with Crippen LogP contribution in [0.2, 0.25) is 0 Å². The van der Waals surface area contributed by atoms with Crippen molar-refractivity contribution in [2.24, 2.45) is 0 Å². The molecule has 27 heavy (non-hydrogen) atoms. The predicted molar refractivity (Wildman–Crippen MR) is 82.8 cm³/mol. The van der Waals surface area contributed by atoms with Gasteiger partial charge in [-0.1, -0.05) is 17.3 Å². The molecule has 8 nitrogen and oxygen atoms in total. The van der Waals surface area contributed by atoms with Gasteiger partial charge in [-0.05, 0) is 17.7 Å². The average Bonchev–Trinajstić information content (AvgIpc) is 3.02. The Kier molecular flexibility index (Phi) is 6.40. The standard InChI is InChI=1S/C16H15F3N2O6/c1-25-8-11-6-13(21-27-11)15(24)20-12(7-14(22)23)9-2-4-10(5-3-9)26-16(17,18)19/h2-6,12H,7-8H2,1H3,(H,20,24)(H,22,23). The number of aliphatic carboxylic acids is 1. The number of benzene rings is 1. The molecule has 0 saturated carbocycles. The number of alkyl halides is 3. The molecule has 1 atom stereocenters. The molecule has 0 radical (unpaired) electrons. The number of hydrogen-bond donors (Lipinski definition) is 2. The average molecular weight is 388 g/mol. The lowest BCUT2D eigenvalue weighted by Crippen LogP contribution is -2.30. The van der Waals surface area contributed by atoms with Gasteiger partial charge < -0.3 is 24.4 Å². The van der Waals surface area contributed by atoms with Crippen LogP contribution in [0.4, 0.5) is 13.2 Å². The van der Waals surface area contributed by atoms with Crippen LogP contribution in [-0.2, 0) is 16.1 Å². The van der Waals surface area contributed by atoms with Crippen molar-refractivity contribution in [3.63, 3.8) is 0 Å². The summed E-state index contributed by atoms with van der Waals surface area (Å²) in [7, 11) is 1.43. The number of nitrogens with zero attached hydrogens (tertiary/aromatic N) is 1. The van der Waals surface area contributed by atoms with Crippen LogP contribution in [0.5, 0.6) is 5.75 Å². The fourth-order valence-electron chi connectivity index (χ4n) is 2.19. The van der Waals surface area contributed by atoms with E-state index in [1.807, 2.05) is 0 Å². The second kappa shape index (κ2) is 8.54. The minimum absolute atomic E-state index is 0.0885. The van der Waals surface area contributed by atoms with Gasteiger partial charge in [0.15, 0.2) is 11.5 Å². The van der Waals surface area contributed by atoms with Crippen LogP contribution < -0.4 is 10.1 Å². The van der Waals surface area contributed by atoms with Crippen molar-refractivity contribution in [1.82, 2.24) is 10.5 Å². The van der Waals surface area contributed by atoms with E-state index in [-0.39, 0.29) is 17.9 Å². The number of amides is 1. The summed E-state index contributed by atoms with van der Waals surface area (Å²) >= 11 is 0. The fourth-order valence-corrected chi connectivity index (χ4v) is 2.19. The minimum atomic E-state index is -4.84. The first kappa shape index (κ1) is 20.2. The largest absolute Gasteiger partial charge is 0.573 e. The molecule has 2 N–H and O–H groups in total. The SMILES string of the molecule is COCc1cc(C(=O)NC(CC(=O)O)c2ccc(OC(F)(F)F)cc2)no1. The Balaban J connectivity index is 2.14. The smallest absolute Gasteiger partial charge is 0.481 e. The maximum absolute atomic E-state index is 12.2. The molecule has 1 aromatic heterocycles. The summed E-state index contributed by atoms with van der Waals surface area (Å²) in [4.78, 5) is 23.3. The number of carboxylic acids is 1. The highest BCUT2D eigenvalue weighted by molar-refractivity contribution is 5.92.